The number of aryl methyl sites for hydroxylation is 1. The predicted octanol–water partition coefficient (Wildman–Crippen LogP) is 3.17. The number of carbonyl (C=O) groups is 1. The number of nitrogens with zero attached hydrogens (tertiary/aromatic N) is 1. The smallest absolute Gasteiger partial charge is 0.287 e. The average molecular weight is 494 g/mol. The monoisotopic (exact) mass is 494 g/mol. The molecular weight excluding hydrogens is 463 g/mol. The van der Waals surface area contributed by atoms with E-state index in [-0.39, 0.29) is 29.9 Å². The first-order valence-corrected chi connectivity index (χ1v) is 10.1. The molecule has 26 heavy (non-hydrogen) atoms. The van der Waals surface area contributed by atoms with E-state index in [9.17, 15) is 4.79 Å². The summed E-state index contributed by atoms with van der Waals surface area (Å²) >= 11 is 2.06. The highest BCUT2D eigenvalue weighted by atomic mass is 127. The first-order valence-electron chi connectivity index (χ1n) is 9.05. The van der Waals surface area contributed by atoms with E-state index in [0.29, 0.717) is 18.3 Å². The lowest BCUT2D eigenvalue weighted by molar-refractivity contribution is 0.0925. The van der Waals surface area contributed by atoms with Gasteiger partial charge >= 0.3 is 0 Å². The lowest BCUT2D eigenvalue weighted by Gasteiger charge is -2.17. The number of hydrogen-bond acceptors (Lipinski definition) is 4. The minimum atomic E-state index is -0.157. The molecule has 2 unspecified atom stereocenters. The number of furan rings is 1. The zero-order valence-corrected chi connectivity index (χ0v) is 19.0. The van der Waals surface area contributed by atoms with Crippen LogP contribution >= 0.6 is 35.7 Å². The second-order valence-electron chi connectivity index (χ2n) is 6.27. The van der Waals surface area contributed by atoms with Crippen LogP contribution in [0.5, 0.6) is 0 Å². The molecule has 1 saturated carbocycles. The van der Waals surface area contributed by atoms with Crippen LogP contribution in [0.4, 0.5) is 0 Å². The molecule has 6 nitrogen and oxygen atoms in total. The number of amides is 1. The van der Waals surface area contributed by atoms with Crippen LogP contribution in [0.15, 0.2) is 21.7 Å². The number of guanidine groups is 1. The second kappa shape index (κ2) is 12.5. The molecule has 1 aromatic heterocycles. The number of nitrogens with one attached hydrogen (secondary N) is 3. The molecule has 2 rings (SSSR count). The molecule has 0 aromatic carbocycles. The Morgan fingerprint density at radius 3 is 2.77 bits per heavy atom. The standard InChI is InChI=1S/C18H30N4O2S.HI/c1-4-25-15-7-6-14(12-15)22-18(19-3)21-10-5-9-20-17(23)16-13(2)8-11-24-16;/h8,11,14-15H,4-7,9-10,12H2,1-3H3,(H,20,23)(H2,19,21,22);1H. The van der Waals surface area contributed by atoms with Gasteiger partial charge < -0.3 is 20.4 Å². The van der Waals surface area contributed by atoms with Gasteiger partial charge in [-0.2, -0.15) is 11.8 Å². The zero-order valence-electron chi connectivity index (χ0n) is 15.8. The van der Waals surface area contributed by atoms with Gasteiger partial charge in [0.1, 0.15) is 0 Å². The topological polar surface area (TPSA) is 78.7 Å². The fourth-order valence-corrected chi connectivity index (χ4v) is 4.17. The van der Waals surface area contributed by atoms with E-state index >= 15 is 0 Å². The Hall–Kier alpha value is -0.900. The molecule has 0 aliphatic heterocycles. The maximum Gasteiger partial charge on any atom is 0.287 e. The Labute approximate surface area is 177 Å². The first-order chi connectivity index (χ1) is 12.1. The summed E-state index contributed by atoms with van der Waals surface area (Å²) in [5.41, 5.74) is 0.858. The van der Waals surface area contributed by atoms with Crippen LogP contribution in [0.1, 0.15) is 48.7 Å². The van der Waals surface area contributed by atoms with E-state index in [1.807, 2.05) is 6.92 Å². The highest BCUT2D eigenvalue weighted by Gasteiger charge is 2.24. The van der Waals surface area contributed by atoms with Gasteiger partial charge in [-0.1, -0.05) is 6.92 Å². The first kappa shape index (κ1) is 23.1. The summed E-state index contributed by atoms with van der Waals surface area (Å²) in [7, 11) is 1.80. The van der Waals surface area contributed by atoms with Crippen molar-refractivity contribution in [1.82, 2.24) is 16.0 Å². The largest absolute Gasteiger partial charge is 0.459 e. The van der Waals surface area contributed by atoms with Crippen LogP contribution in [0.3, 0.4) is 0 Å². The molecule has 3 N–H and O–H groups in total. The molecule has 148 valence electrons. The molecule has 1 heterocycles. The molecule has 1 aliphatic rings. The van der Waals surface area contributed by atoms with Crippen LogP contribution in [0.25, 0.3) is 0 Å². The fourth-order valence-electron chi connectivity index (χ4n) is 3.03. The third kappa shape index (κ3) is 7.38. The third-order valence-electron chi connectivity index (χ3n) is 4.35. The Kier molecular flexibility index (Phi) is 11.1. The van der Waals surface area contributed by atoms with Gasteiger partial charge in [0.25, 0.3) is 5.91 Å². The Balaban J connectivity index is 0.00000338. The number of hydrogen-bond donors (Lipinski definition) is 3. The van der Waals surface area contributed by atoms with Crippen molar-refractivity contribution in [3.05, 3.63) is 23.7 Å². The molecule has 0 bridgehead atoms. The fraction of sp³-hybridized carbons (Fsp3) is 0.667. The summed E-state index contributed by atoms with van der Waals surface area (Å²) in [6.45, 7) is 5.44. The maximum absolute atomic E-state index is 11.9. The number of thioether (sulfide) groups is 1. The third-order valence-corrected chi connectivity index (χ3v) is 5.58. The van der Waals surface area contributed by atoms with Crippen molar-refractivity contribution in [2.45, 2.75) is 50.8 Å². The van der Waals surface area contributed by atoms with Crippen molar-refractivity contribution < 1.29 is 9.21 Å². The molecule has 2 atom stereocenters. The molecule has 0 saturated heterocycles. The number of rotatable bonds is 8. The van der Waals surface area contributed by atoms with Crippen molar-refractivity contribution in [3.8, 4) is 0 Å². The molecule has 0 spiro atoms. The molecular formula is C18H31IN4O2S. The summed E-state index contributed by atoms with van der Waals surface area (Å²) < 4.78 is 5.18. The number of aliphatic imine (C=N–C) groups is 1. The van der Waals surface area contributed by atoms with Crippen molar-refractivity contribution in [2.24, 2.45) is 4.99 Å². The van der Waals surface area contributed by atoms with Crippen molar-refractivity contribution in [3.63, 3.8) is 0 Å². The summed E-state index contributed by atoms with van der Waals surface area (Å²) in [5.74, 6) is 2.27. The van der Waals surface area contributed by atoms with Crippen LogP contribution in [0, 0.1) is 6.92 Å². The molecule has 8 heteroatoms. The quantitative estimate of drug-likeness (QED) is 0.224. The predicted molar refractivity (Wildman–Crippen MR) is 120 cm³/mol. The lowest BCUT2D eigenvalue weighted by Crippen LogP contribution is -2.43. The van der Waals surface area contributed by atoms with Gasteiger partial charge in [0, 0.05) is 37.0 Å². The Morgan fingerprint density at radius 2 is 2.12 bits per heavy atom. The summed E-state index contributed by atoms with van der Waals surface area (Å²) in [4.78, 5) is 16.2. The van der Waals surface area contributed by atoms with Gasteiger partial charge in [0.15, 0.2) is 11.7 Å². The number of halogens is 1. The SMILES string of the molecule is CCSC1CCC(NC(=NC)NCCCNC(=O)c2occc2C)C1.I. The molecule has 0 radical (unpaired) electrons. The average Bonchev–Trinajstić information content (AvgIpc) is 3.22. The number of carbonyl (C=O) groups excluding carboxylic acids is 1. The summed E-state index contributed by atoms with van der Waals surface area (Å²) in [6.07, 6.45) is 6.05. The van der Waals surface area contributed by atoms with Gasteiger partial charge in [-0.25, -0.2) is 0 Å². The molecule has 1 amide bonds. The minimum absolute atomic E-state index is 0. The highest BCUT2D eigenvalue weighted by molar-refractivity contribution is 14.0. The van der Waals surface area contributed by atoms with Crippen molar-refractivity contribution in [2.75, 3.05) is 25.9 Å². The van der Waals surface area contributed by atoms with Crippen LogP contribution < -0.4 is 16.0 Å². The molecule has 1 fully saturated rings. The normalized spacial score (nSPS) is 19.7. The van der Waals surface area contributed by atoms with Crippen LogP contribution in [-0.4, -0.2) is 49.0 Å². The van der Waals surface area contributed by atoms with Gasteiger partial charge in [-0.05, 0) is 44.4 Å². The van der Waals surface area contributed by atoms with Gasteiger partial charge in [0.05, 0.1) is 6.26 Å². The van der Waals surface area contributed by atoms with Crippen LogP contribution in [-0.2, 0) is 0 Å². The Morgan fingerprint density at radius 1 is 1.35 bits per heavy atom. The van der Waals surface area contributed by atoms with E-state index in [1.165, 1.54) is 31.3 Å². The van der Waals surface area contributed by atoms with E-state index in [2.05, 4.69) is 39.6 Å². The van der Waals surface area contributed by atoms with Crippen molar-refractivity contribution >= 4 is 47.6 Å². The van der Waals surface area contributed by atoms with E-state index in [1.54, 1.807) is 13.1 Å². The summed E-state index contributed by atoms with van der Waals surface area (Å²) in [6, 6.07) is 2.30. The second-order valence-corrected chi connectivity index (χ2v) is 7.85. The zero-order chi connectivity index (χ0) is 18.1. The summed E-state index contributed by atoms with van der Waals surface area (Å²) in [5, 5.41) is 10.5. The van der Waals surface area contributed by atoms with Crippen LogP contribution in [0.2, 0.25) is 0 Å². The highest BCUT2D eigenvalue weighted by Crippen LogP contribution is 2.29. The lowest BCUT2D eigenvalue weighted by atomic mass is 10.2. The van der Waals surface area contributed by atoms with Gasteiger partial charge in [-0.15, -0.1) is 24.0 Å². The van der Waals surface area contributed by atoms with E-state index in [0.717, 1.165) is 29.7 Å². The van der Waals surface area contributed by atoms with Gasteiger partial charge in [-0.3, -0.25) is 9.79 Å². The Bertz CT molecular complexity index is 579. The molecule has 1 aliphatic carbocycles. The van der Waals surface area contributed by atoms with Gasteiger partial charge in [0.2, 0.25) is 0 Å². The molecule has 1 aromatic rings. The van der Waals surface area contributed by atoms with Crippen molar-refractivity contribution in [1.29, 1.82) is 0 Å². The van der Waals surface area contributed by atoms with E-state index < -0.39 is 0 Å². The maximum atomic E-state index is 11.9. The van der Waals surface area contributed by atoms with E-state index in [4.69, 9.17) is 4.42 Å². The minimum Gasteiger partial charge on any atom is -0.459 e.